The van der Waals surface area contributed by atoms with Gasteiger partial charge in [-0.15, -0.1) is 11.6 Å². The van der Waals surface area contributed by atoms with Gasteiger partial charge >= 0.3 is 0 Å². The molecule has 2 nitrogen and oxygen atoms in total. The van der Waals surface area contributed by atoms with Gasteiger partial charge in [-0.25, -0.2) is 0 Å². The van der Waals surface area contributed by atoms with E-state index in [-0.39, 0.29) is 12.3 Å². The Bertz CT molecular complexity index is 265. The van der Waals surface area contributed by atoms with Crippen molar-refractivity contribution < 1.29 is 4.74 Å². The number of ether oxygens (including phenoxy) is 1. The molecule has 13 heavy (non-hydrogen) atoms. The number of rotatable bonds is 2. The summed E-state index contributed by atoms with van der Waals surface area (Å²) in [7, 11) is 0. The minimum atomic E-state index is 0.0185. The number of benzene rings is 1. The maximum absolute atomic E-state index is 5.70. The molecular formula is C10H12ClNO. The van der Waals surface area contributed by atoms with Crippen molar-refractivity contribution in [3.63, 3.8) is 0 Å². The van der Waals surface area contributed by atoms with Crippen LogP contribution < -0.4 is 5.32 Å². The van der Waals surface area contributed by atoms with Crippen LogP contribution in [-0.2, 0) is 4.74 Å². The van der Waals surface area contributed by atoms with Crippen molar-refractivity contribution in [1.82, 2.24) is 5.32 Å². The molecule has 0 saturated carbocycles. The summed E-state index contributed by atoms with van der Waals surface area (Å²) in [6.45, 7) is 0.836. The molecule has 3 heteroatoms. The lowest BCUT2D eigenvalue weighted by Crippen LogP contribution is -2.15. The first-order valence-corrected chi connectivity index (χ1v) is 4.93. The molecule has 0 spiro atoms. The standard InChI is InChI=1S/C10H12ClNO/c11-6-9-7-12-10(13-9)8-4-2-1-3-5-8/h1-5,9-10,12H,6-7H2/t9-,10-/m1/s1. The molecule has 70 valence electrons. The molecule has 1 N–H and O–H groups in total. The van der Waals surface area contributed by atoms with Crippen molar-refractivity contribution >= 4 is 11.6 Å². The summed E-state index contributed by atoms with van der Waals surface area (Å²) in [5.74, 6) is 0.552. The lowest BCUT2D eigenvalue weighted by molar-refractivity contribution is 0.0528. The maximum atomic E-state index is 5.70. The molecule has 1 aromatic rings. The molecule has 1 saturated heterocycles. The third-order valence-electron chi connectivity index (χ3n) is 2.13. The molecule has 1 fully saturated rings. The number of hydrogen-bond donors (Lipinski definition) is 1. The van der Waals surface area contributed by atoms with E-state index in [0.29, 0.717) is 5.88 Å². The van der Waals surface area contributed by atoms with Crippen LogP contribution in [0.25, 0.3) is 0 Å². The molecule has 0 aliphatic carbocycles. The summed E-state index contributed by atoms with van der Waals surface area (Å²) in [4.78, 5) is 0. The molecule has 0 unspecified atom stereocenters. The van der Waals surface area contributed by atoms with Crippen molar-refractivity contribution in [2.75, 3.05) is 12.4 Å². The highest BCUT2D eigenvalue weighted by Gasteiger charge is 2.24. The fourth-order valence-corrected chi connectivity index (χ4v) is 1.62. The van der Waals surface area contributed by atoms with Crippen molar-refractivity contribution in [3.8, 4) is 0 Å². The van der Waals surface area contributed by atoms with E-state index in [9.17, 15) is 0 Å². The molecule has 1 aromatic carbocycles. The second-order valence-electron chi connectivity index (χ2n) is 3.11. The van der Waals surface area contributed by atoms with Gasteiger partial charge in [-0.3, -0.25) is 5.32 Å². The highest BCUT2D eigenvalue weighted by atomic mass is 35.5. The Morgan fingerprint density at radius 3 is 2.77 bits per heavy atom. The number of halogens is 1. The van der Waals surface area contributed by atoms with Gasteiger partial charge < -0.3 is 4.74 Å². The smallest absolute Gasteiger partial charge is 0.134 e. The molecule has 1 aliphatic rings. The molecule has 2 atom stereocenters. The van der Waals surface area contributed by atoms with Gasteiger partial charge in [0.25, 0.3) is 0 Å². The molecule has 0 radical (unpaired) electrons. The van der Waals surface area contributed by atoms with Crippen LogP contribution in [0.15, 0.2) is 30.3 Å². The second kappa shape index (κ2) is 4.09. The molecule has 1 aliphatic heterocycles. The van der Waals surface area contributed by atoms with Gasteiger partial charge in [0, 0.05) is 12.4 Å². The molecule has 0 amide bonds. The summed E-state index contributed by atoms with van der Waals surface area (Å²) in [5, 5.41) is 3.27. The van der Waals surface area contributed by atoms with Crippen LogP contribution in [-0.4, -0.2) is 18.5 Å². The fourth-order valence-electron chi connectivity index (χ4n) is 1.44. The SMILES string of the molecule is ClC[C@@H]1CN[C@@H](c2ccccc2)O1. The minimum Gasteiger partial charge on any atom is -0.353 e. The number of nitrogens with one attached hydrogen (secondary N) is 1. The Morgan fingerprint density at radius 2 is 2.15 bits per heavy atom. The van der Waals surface area contributed by atoms with E-state index in [1.54, 1.807) is 0 Å². The molecule has 0 aromatic heterocycles. The van der Waals surface area contributed by atoms with Gasteiger partial charge in [0.15, 0.2) is 0 Å². The van der Waals surface area contributed by atoms with Gasteiger partial charge in [-0.05, 0) is 5.56 Å². The van der Waals surface area contributed by atoms with Crippen LogP contribution in [0.2, 0.25) is 0 Å². The van der Waals surface area contributed by atoms with Crippen molar-refractivity contribution in [2.24, 2.45) is 0 Å². The van der Waals surface area contributed by atoms with Crippen LogP contribution in [0.3, 0.4) is 0 Å². The van der Waals surface area contributed by atoms with Gasteiger partial charge in [-0.1, -0.05) is 30.3 Å². The fraction of sp³-hybridized carbons (Fsp3) is 0.400. The van der Waals surface area contributed by atoms with Crippen molar-refractivity contribution in [3.05, 3.63) is 35.9 Å². The highest BCUT2D eigenvalue weighted by Crippen LogP contribution is 2.21. The quantitative estimate of drug-likeness (QED) is 0.732. The average molecular weight is 198 g/mol. The zero-order valence-electron chi connectivity index (χ0n) is 7.24. The lowest BCUT2D eigenvalue weighted by Gasteiger charge is -2.10. The Balaban J connectivity index is 2.04. The van der Waals surface area contributed by atoms with E-state index < -0.39 is 0 Å². The van der Waals surface area contributed by atoms with Crippen LogP contribution >= 0.6 is 11.6 Å². The third kappa shape index (κ3) is 2.02. The highest BCUT2D eigenvalue weighted by molar-refractivity contribution is 6.18. The van der Waals surface area contributed by atoms with E-state index in [1.165, 1.54) is 0 Å². The van der Waals surface area contributed by atoms with Gasteiger partial charge in [-0.2, -0.15) is 0 Å². The average Bonchev–Trinajstić information content (AvgIpc) is 2.67. The van der Waals surface area contributed by atoms with E-state index in [1.807, 2.05) is 30.3 Å². The topological polar surface area (TPSA) is 21.3 Å². The van der Waals surface area contributed by atoms with E-state index in [0.717, 1.165) is 12.1 Å². The molecule has 1 heterocycles. The summed E-state index contributed by atoms with van der Waals surface area (Å²) < 4.78 is 5.65. The van der Waals surface area contributed by atoms with Crippen LogP contribution in [0.5, 0.6) is 0 Å². The predicted octanol–water partition coefficient (Wildman–Crippen LogP) is 1.91. The summed E-state index contributed by atoms with van der Waals surface area (Å²) in [6.07, 6.45) is 0.164. The largest absolute Gasteiger partial charge is 0.353 e. The lowest BCUT2D eigenvalue weighted by atomic mass is 10.2. The van der Waals surface area contributed by atoms with Crippen LogP contribution in [0.4, 0.5) is 0 Å². The van der Waals surface area contributed by atoms with E-state index in [4.69, 9.17) is 16.3 Å². The van der Waals surface area contributed by atoms with Gasteiger partial charge in [0.2, 0.25) is 0 Å². The predicted molar refractivity (Wildman–Crippen MR) is 52.8 cm³/mol. The van der Waals surface area contributed by atoms with Crippen LogP contribution in [0.1, 0.15) is 11.8 Å². The van der Waals surface area contributed by atoms with E-state index in [2.05, 4.69) is 5.32 Å². The Hall–Kier alpha value is -0.570. The number of alkyl halides is 1. The van der Waals surface area contributed by atoms with Gasteiger partial charge in [0.1, 0.15) is 6.23 Å². The maximum Gasteiger partial charge on any atom is 0.134 e. The molecule has 2 rings (SSSR count). The Kier molecular flexibility index (Phi) is 2.83. The first-order valence-electron chi connectivity index (χ1n) is 4.40. The Morgan fingerprint density at radius 1 is 1.38 bits per heavy atom. The van der Waals surface area contributed by atoms with E-state index >= 15 is 0 Å². The monoisotopic (exact) mass is 197 g/mol. The summed E-state index contributed by atoms with van der Waals surface area (Å²) in [6, 6.07) is 10.1. The van der Waals surface area contributed by atoms with Crippen molar-refractivity contribution in [1.29, 1.82) is 0 Å². The zero-order valence-corrected chi connectivity index (χ0v) is 8.00. The van der Waals surface area contributed by atoms with Crippen LogP contribution in [0, 0.1) is 0 Å². The number of hydrogen-bond acceptors (Lipinski definition) is 2. The second-order valence-corrected chi connectivity index (χ2v) is 3.42. The first kappa shape index (κ1) is 9.00. The van der Waals surface area contributed by atoms with Crippen molar-refractivity contribution in [2.45, 2.75) is 12.3 Å². The first-order chi connectivity index (χ1) is 6.40. The minimum absolute atomic E-state index is 0.0185. The zero-order chi connectivity index (χ0) is 9.10. The Labute approximate surface area is 82.9 Å². The van der Waals surface area contributed by atoms with Gasteiger partial charge in [0.05, 0.1) is 6.10 Å². The summed E-state index contributed by atoms with van der Waals surface area (Å²) >= 11 is 5.70. The molecule has 0 bridgehead atoms. The summed E-state index contributed by atoms with van der Waals surface area (Å²) in [5.41, 5.74) is 1.16. The normalized spacial score (nSPS) is 27.8. The third-order valence-corrected chi connectivity index (χ3v) is 2.48. The molecular weight excluding hydrogens is 186 g/mol.